The molecule has 52 heteroatoms. The predicted octanol–water partition coefficient (Wildman–Crippen LogP) is -10.8. The van der Waals surface area contributed by atoms with Gasteiger partial charge in [0.05, 0.1) is 118 Å². The molecule has 3 aliphatic carbocycles. The van der Waals surface area contributed by atoms with Crippen molar-refractivity contribution in [1.29, 1.82) is 0 Å². The highest BCUT2D eigenvalue weighted by atomic mass is 16.7. The van der Waals surface area contributed by atoms with E-state index in [1.165, 1.54) is 41.5 Å². The molecule has 0 bridgehead atoms. The number of ether oxygens (including phenoxy) is 12. The molecule has 9 aliphatic rings. The topological polar surface area (TPSA) is 800 Å². The summed E-state index contributed by atoms with van der Waals surface area (Å²) in [6, 6.07) is 0. The zero-order valence-corrected chi connectivity index (χ0v) is 83.0. The Hall–Kier alpha value is -7.16. The molecule has 0 radical (unpaired) electrons. The maximum Gasteiger partial charge on any atom is 0.224 e. The van der Waals surface area contributed by atoms with E-state index >= 15 is 0 Å². The summed E-state index contributed by atoms with van der Waals surface area (Å²) in [5, 5.41) is 206. The van der Waals surface area contributed by atoms with Crippen LogP contribution in [0.4, 0.5) is 0 Å². The lowest BCUT2D eigenvalue weighted by molar-refractivity contribution is -0.293. The molecule has 144 heavy (non-hydrogen) atoms. The average Bonchev–Trinajstić information content (AvgIpc) is 1.59. The lowest BCUT2D eigenvalue weighted by atomic mass is 10.00. The first-order valence-corrected chi connectivity index (χ1v) is 50.1. The zero-order valence-electron chi connectivity index (χ0n) is 83.0. The van der Waals surface area contributed by atoms with Crippen LogP contribution in [0.25, 0.3) is 0 Å². The summed E-state index contributed by atoms with van der Waals surface area (Å²) in [5.41, 5.74) is 0. The van der Waals surface area contributed by atoms with E-state index in [1.54, 1.807) is 0 Å². The van der Waals surface area contributed by atoms with Gasteiger partial charge >= 0.3 is 0 Å². The van der Waals surface area contributed by atoms with Crippen molar-refractivity contribution in [1.82, 2.24) is 53.2 Å². The third-order valence-corrected chi connectivity index (χ3v) is 26.5. The van der Waals surface area contributed by atoms with Gasteiger partial charge in [-0.3, -0.25) is 57.5 Å². The first kappa shape index (κ1) is 124. The van der Waals surface area contributed by atoms with Crippen LogP contribution in [0.1, 0.15) is 165 Å². The van der Waals surface area contributed by atoms with E-state index in [4.69, 9.17) is 56.8 Å². The number of amides is 10. The summed E-state index contributed by atoms with van der Waals surface area (Å²) in [6.45, 7) is 15.8. The van der Waals surface area contributed by atoms with Crippen molar-refractivity contribution in [3.05, 3.63) is 0 Å². The maximum absolute atomic E-state index is 13.2. The fourth-order valence-corrected chi connectivity index (χ4v) is 17.7. The van der Waals surface area contributed by atoms with Crippen LogP contribution in [-0.4, -0.2) is 452 Å². The van der Waals surface area contributed by atoms with E-state index in [0.29, 0.717) is 103 Å². The number of hydrogen-bond donors (Lipinski definition) is 28. The quantitative estimate of drug-likeness (QED) is 0.0251. The van der Waals surface area contributed by atoms with Gasteiger partial charge in [-0.15, -0.1) is 0 Å². The molecule has 6 saturated heterocycles. The Labute approximate surface area is 834 Å². The van der Waals surface area contributed by atoms with Crippen LogP contribution in [0.2, 0.25) is 0 Å². The van der Waals surface area contributed by atoms with Crippen molar-refractivity contribution >= 4 is 70.6 Å². The second-order valence-electron chi connectivity index (χ2n) is 37.5. The monoisotopic (exact) mass is 2080 g/mol. The third-order valence-electron chi connectivity index (χ3n) is 26.5. The largest absolute Gasteiger partial charge is 0.388 e. The molecule has 0 aromatic carbocycles. The number of aliphatic hydroxyl groups is 18. The number of carbonyl (C=O) groups excluding carboxylic acids is 12. The molecule has 6 heterocycles. The second-order valence-corrected chi connectivity index (χ2v) is 37.5. The zero-order chi connectivity index (χ0) is 107. The standard InChI is InChI=1S/C32H54N2O14.2C30H52N4O14/c1-4-33-20(37)12-8-6-5-7-10-18(35)21-22(19(36)11-9-14-45-31-28(42)26(40)24(38)16(2)47-31)23(21)30(44)34-13-15-46-32-29(43)27(41)25(39)17(3)48-32;2*1-4-31-16(35)8-6-5-7-9-32-26(42)17-18(27(43)33-10-12-45-29-24(40)22(38)20(36)14(2)47-29)19(17)28(44)34-11-13-46-30-25(41)23(39)21(37)15(3)48-30/h16-17,21-29,31-32,38-43H,4-15H2,1-3H3,(H,33,37)(H,34,44);2*14-15,17-25,29-30,36-41H,4-13H2,1-3H3,(H,31,35)(H,32,42)(H,33,43)(H,34,44)/t16-,17-,21?,22?,23?,24+,25+,26+,27+,28-,29-,31+,32+;2*14-,15-,17?,18?,19?,20+,21+,22+,23+,24-,25-,29+,30+/m000/s1. The molecular formula is C92H158N10O42. The normalized spacial score (nSPS) is 36.2. The summed E-state index contributed by atoms with van der Waals surface area (Å²) in [7, 11) is 0. The Morgan fingerprint density at radius 3 is 0.576 bits per heavy atom. The summed E-state index contributed by atoms with van der Waals surface area (Å²) in [6.07, 6.45) is -29.6. The molecule has 10 amide bonds. The van der Waals surface area contributed by atoms with E-state index in [2.05, 4.69) is 53.2 Å². The molecule has 7 unspecified atom stereocenters. The van der Waals surface area contributed by atoms with E-state index in [9.17, 15) is 149 Å². The van der Waals surface area contributed by atoms with Gasteiger partial charge in [0, 0.05) is 109 Å². The first-order valence-electron chi connectivity index (χ1n) is 50.1. The molecule has 37 atom stereocenters. The van der Waals surface area contributed by atoms with Gasteiger partial charge < -0.3 is 202 Å². The van der Waals surface area contributed by atoms with Crippen LogP contribution in [0.15, 0.2) is 0 Å². The van der Waals surface area contributed by atoms with Gasteiger partial charge in [0.25, 0.3) is 0 Å². The summed E-state index contributed by atoms with van der Waals surface area (Å²) in [4.78, 5) is 153. The molecule has 9 fully saturated rings. The number of ketones is 2. The molecule has 828 valence electrons. The van der Waals surface area contributed by atoms with Crippen molar-refractivity contribution in [3.63, 3.8) is 0 Å². The fourth-order valence-electron chi connectivity index (χ4n) is 17.7. The average molecular weight is 2080 g/mol. The number of nitrogens with one attached hydrogen (secondary N) is 10. The number of unbranched alkanes of at least 4 members (excludes halogenated alkanes) is 7. The number of Topliss-reactive ketones (excluding diaryl/α,β-unsaturated/α-hetero) is 2. The highest BCUT2D eigenvalue weighted by Gasteiger charge is 2.65. The maximum atomic E-state index is 13.2. The number of hydrogen-bond acceptors (Lipinski definition) is 42. The lowest BCUT2D eigenvalue weighted by Gasteiger charge is -2.38. The summed E-state index contributed by atoms with van der Waals surface area (Å²) >= 11 is 0. The second kappa shape index (κ2) is 61.8. The van der Waals surface area contributed by atoms with Crippen molar-refractivity contribution < 1.29 is 206 Å². The SMILES string of the molecule is CCNC(=O)CCCCCCC(=O)C1C(C(=O)CCCO[C@@H]2O[C@@H](C)[C@@H](O)[C@@H](O)[C@@H]2O)C1C(=O)NCCO[C@@H]1O[C@@H](C)[C@@H](O)[C@@H](O)[C@@H]1O.CCNC(=O)CCCCCNC(=O)C1C(C(=O)NCCO[C@@H]2O[C@@H](C)[C@@H](O)[C@@H](O)[C@@H]2O)C1C(=O)NCCO[C@@H]1O[C@@H](C)[C@@H](O)[C@@H](O)[C@@H]1O.CCNC(=O)CCCCCNC(=O)C1C(C(=O)NCCO[C@@H]2O[C@@H](C)[C@@H](O)[C@@H](O)[C@@H]2O)C1C(=O)NCCO[C@@H]1O[C@@H](C)[C@@H](O)[C@@H](O)[C@@H]1O. The minimum atomic E-state index is -1.51. The number of rotatable bonds is 56. The highest BCUT2D eigenvalue weighted by Crippen LogP contribution is 2.51. The van der Waals surface area contributed by atoms with E-state index in [1.807, 2.05) is 20.8 Å². The van der Waals surface area contributed by atoms with E-state index in [-0.39, 0.29) is 121 Å². The number of aliphatic hydroxyl groups excluding tert-OH is 18. The highest BCUT2D eigenvalue weighted by molar-refractivity contribution is 6.04. The Kier molecular flexibility index (Phi) is 53.2. The van der Waals surface area contributed by atoms with Gasteiger partial charge in [-0.1, -0.05) is 25.7 Å². The van der Waals surface area contributed by atoms with Crippen molar-refractivity contribution in [2.45, 2.75) is 349 Å². The minimum Gasteiger partial charge on any atom is -0.388 e. The molecule has 0 aromatic rings. The predicted molar refractivity (Wildman–Crippen MR) is 492 cm³/mol. The molecular weight excluding hydrogens is 1920 g/mol. The summed E-state index contributed by atoms with van der Waals surface area (Å²) < 4.78 is 64.9. The van der Waals surface area contributed by atoms with Crippen molar-refractivity contribution in [2.75, 3.05) is 105 Å². The molecule has 28 N–H and O–H groups in total. The third kappa shape index (κ3) is 36.6. The van der Waals surface area contributed by atoms with Crippen LogP contribution < -0.4 is 53.2 Å². The van der Waals surface area contributed by atoms with Crippen LogP contribution in [0.5, 0.6) is 0 Å². The van der Waals surface area contributed by atoms with Gasteiger partial charge in [-0.2, -0.15) is 0 Å². The van der Waals surface area contributed by atoms with Gasteiger partial charge in [0.2, 0.25) is 59.1 Å². The number of carbonyl (C=O) groups is 12. The minimum absolute atomic E-state index is 0.00597. The van der Waals surface area contributed by atoms with Gasteiger partial charge in [0.1, 0.15) is 121 Å². The van der Waals surface area contributed by atoms with E-state index < -0.39 is 279 Å². The molecule has 52 nitrogen and oxygen atoms in total. The summed E-state index contributed by atoms with van der Waals surface area (Å²) in [5.74, 6) is -12.7. The Morgan fingerprint density at radius 1 is 0.194 bits per heavy atom. The molecule has 0 spiro atoms. The van der Waals surface area contributed by atoms with Crippen molar-refractivity contribution in [2.24, 2.45) is 53.3 Å². The Morgan fingerprint density at radius 2 is 0.368 bits per heavy atom. The first-order chi connectivity index (χ1) is 68.4. The molecule has 9 rings (SSSR count). The Balaban J connectivity index is 0.000000293. The van der Waals surface area contributed by atoms with Crippen LogP contribution in [0.3, 0.4) is 0 Å². The van der Waals surface area contributed by atoms with Gasteiger partial charge in [0.15, 0.2) is 37.7 Å². The van der Waals surface area contributed by atoms with Crippen LogP contribution >= 0.6 is 0 Å². The van der Waals surface area contributed by atoms with Gasteiger partial charge in [-0.25, -0.2) is 0 Å². The molecule has 3 saturated carbocycles. The molecule has 6 aliphatic heterocycles. The van der Waals surface area contributed by atoms with E-state index in [0.717, 1.165) is 12.8 Å². The van der Waals surface area contributed by atoms with Crippen LogP contribution in [0, 0.1) is 53.3 Å². The lowest BCUT2D eigenvalue weighted by Crippen LogP contribution is -2.57. The van der Waals surface area contributed by atoms with Gasteiger partial charge in [-0.05, 0) is 107 Å². The smallest absolute Gasteiger partial charge is 0.224 e. The van der Waals surface area contributed by atoms with Crippen LogP contribution in [-0.2, 0) is 114 Å². The van der Waals surface area contributed by atoms with Crippen molar-refractivity contribution in [3.8, 4) is 0 Å². The Bertz CT molecular complexity index is 3410. The molecule has 0 aromatic heterocycles. The fraction of sp³-hybridized carbons (Fsp3) is 0.870.